The maximum atomic E-state index is 13.1. The lowest BCUT2D eigenvalue weighted by molar-refractivity contribution is -0.120. The predicted molar refractivity (Wildman–Crippen MR) is 124 cm³/mol. The van der Waals surface area contributed by atoms with Crippen LogP contribution in [-0.2, 0) is 14.8 Å². The van der Waals surface area contributed by atoms with E-state index in [0.717, 1.165) is 36.9 Å². The number of carbonyl (C=O) groups excluding carboxylic acids is 2. The standard InChI is InChI=1S/C22H27ClN4O4S/c1-16-6-9-18(10-7-16)24-15-21(28)25-26-22(29)17-8-11-19(23)20(14-17)32(30,31)27-12-4-2-3-5-13-27/h6-11,14,24H,2-5,12-13,15H2,1H3,(H,25,28)(H,26,29). The van der Waals surface area contributed by atoms with Crippen LogP contribution in [0.15, 0.2) is 47.4 Å². The molecule has 10 heteroatoms. The van der Waals surface area contributed by atoms with Crippen molar-refractivity contribution in [3.63, 3.8) is 0 Å². The van der Waals surface area contributed by atoms with Crippen LogP contribution < -0.4 is 16.2 Å². The third kappa shape index (κ3) is 6.21. The highest BCUT2D eigenvalue weighted by Crippen LogP contribution is 2.27. The number of rotatable bonds is 6. The third-order valence-corrected chi connectivity index (χ3v) is 7.58. The summed E-state index contributed by atoms with van der Waals surface area (Å²) in [4.78, 5) is 24.4. The Morgan fingerprint density at radius 1 is 0.969 bits per heavy atom. The van der Waals surface area contributed by atoms with Gasteiger partial charge in [-0.3, -0.25) is 20.4 Å². The molecule has 0 aromatic heterocycles. The molecule has 0 aliphatic carbocycles. The molecule has 32 heavy (non-hydrogen) atoms. The van der Waals surface area contributed by atoms with Gasteiger partial charge in [0.05, 0.1) is 11.6 Å². The lowest BCUT2D eigenvalue weighted by Crippen LogP contribution is -2.44. The number of hydrogen-bond donors (Lipinski definition) is 3. The van der Waals surface area contributed by atoms with Crippen LogP contribution in [0.2, 0.25) is 5.02 Å². The third-order valence-electron chi connectivity index (χ3n) is 5.20. The SMILES string of the molecule is Cc1ccc(NCC(=O)NNC(=O)c2ccc(Cl)c(S(=O)(=O)N3CCCCCC3)c2)cc1. The zero-order chi connectivity index (χ0) is 23.1. The lowest BCUT2D eigenvalue weighted by atomic mass is 10.2. The molecule has 2 aromatic carbocycles. The fourth-order valence-electron chi connectivity index (χ4n) is 3.36. The molecule has 1 aliphatic heterocycles. The molecule has 1 aliphatic rings. The summed E-state index contributed by atoms with van der Waals surface area (Å²) >= 11 is 6.17. The van der Waals surface area contributed by atoms with Crippen LogP contribution in [0.3, 0.4) is 0 Å². The van der Waals surface area contributed by atoms with Crippen molar-refractivity contribution in [2.45, 2.75) is 37.5 Å². The molecule has 0 saturated carbocycles. The van der Waals surface area contributed by atoms with Crippen molar-refractivity contribution in [3.8, 4) is 0 Å². The van der Waals surface area contributed by atoms with Gasteiger partial charge in [-0.25, -0.2) is 8.42 Å². The molecular formula is C22H27ClN4O4S. The van der Waals surface area contributed by atoms with E-state index in [4.69, 9.17) is 11.6 Å². The number of aryl methyl sites for hydroxylation is 1. The number of hydrazine groups is 1. The summed E-state index contributed by atoms with van der Waals surface area (Å²) in [7, 11) is -3.82. The van der Waals surface area contributed by atoms with Crippen molar-refractivity contribution >= 4 is 39.1 Å². The maximum absolute atomic E-state index is 13.1. The summed E-state index contributed by atoms with van der Waals surface area (Å²) in [5.74, 6) is -1.09. The number of anilines is 1. The average molecular weight is 479 g/mol. The number of carbonyl (C=O) groups is 2. The summed E-state index contributed by atoms with van der Waals surface area (Å²) in [5, 5.41) is 3.00. The zero-order valence-corrected chi connectivity index (χ0v) is 19.4. The van der Waals surface area contributed by atoms with E-state index in [1.165, 1.54) is 22.5 Å². The van der Waals surface area contributed by atoms with E-state index in [1.807, 2.05) is 31.2 Å². The topological polar surface area (TPSA) is 108 Å². The van der Waals surface area contributed by atoms with E-state index in [9.17, 15) is 18.0 Å². The van der Waals surface area contributed by atoms with Crippen LogP contribution in [0.25, 0.3) is 0 Å². The number of sulfonamides is 1. The summed E-state index contributed by atoms with van der Waals surface area (Å²) in [6, 6.07) is 11.6. The van der Waals surface area contributed by atoms with Crippen LogP contribution in [0.4, 0.5) is 5.69 Å². The molecule has 8 nitrogen and oxygen atoms in total. The van der Waals surface area contributed by atoms with E-state index in [1.54, 1.807) is 0 Å². The van der Waals surface area contributed by atoms with Gasteiger partial charge in [-0.1, -0.05) is 42.1 Å². The first kappa shape index (κ1) is 24.0. The lowest BCUT2D eigenvalue weighted by Gasteiger charge is -2.21. The van der Waals surface area contributed by atoms with Gasteiger partial charge < -0.3 is 5.32 Å². The molecule has 3 N–H and O–H groups in total. The minimum Gasteiger partial charge on any atom is -0.376 e. The molecule has 0 spiro atoms. The molecule has 2 aromatic rings. The Morgan fingerprint density at radius 3 is 2.28 bits per heavy atom. The van der Waals surface area contributed by atoms with Gasteiger partial charge in [-0.2, -0.15) is 4.31 Å². The Bertz CT molecular complexity index is 1070. The Labute approximate surface area is 193 Å². The first-order chi connectivity index (χ1) is 15.3. The molecule has 172 valence electrons. The quantitative estimate of drug-likeness (QED) is 0.553. The van der Waals surface area contributed by atoms with Crippen LogP contribution >= 0.6 is 11.6 Å². The first-order valence-corrected chi connectivity index (χ1v) is 12.3. The van der Waals surface area contributed by atoms with Gasteiger partial charge in [0.15, 0.2) is 0 Å². The highest BCUT2D eigenvalue weighted by atomic mass is 35.5. The van der Waals surface area contributed by atoms with E-state index in [-0.39, 0.29) is 22.0 Å². The maximum Gasteiger partial charge on any atom is 0.269 e. The molecule has 1 saturated heterocycles. The van der Waals surface area contributed by atoms with E-state index in [2.05, 4.69) is 16.2 Å². The molecule has 0 atom stereocenters. The summed E-state index contributed by atoms with van der Waals surface area (Å²) in [5.41, 5.74) is 6.57. The van der Waals surface area contributed by atoms with E-state index >= 15 is 0 Å². The normalized spacial score (nSPS) is 14.9. The zero-order valence-electron chi connectivity index (χ0n) is 17.9. The van der Waals surface area contributed by atoms with Gasteiger partial charge in [0, 0.05) is 24.3 Å². The predicted octanol–water partition coefficient (Wildman–Crippen LogP) is 3.09. The second-order valence-corrected chi connectivity index (χ2v) is 10.00. The number of halogens is 1. The van der Waals surface area contributed by atoms with Crippen molar-refractivity contribution in [2.24, 2.45) is 0 Å². The minimum absolute atomic E-state index is 0.0431. The largest absolute Gasteiger partial charge is 0.376 e. The summed E-state index contributed by atoms with van der Waals surface area (Å²) in [6.07, 6.45) is 3.56. The van der Waals surface area contributed by atoms with Crippen molar-refractivity contribution in [1.29, 1.82) is 0 Å². The van der Waals surface area contributed by atoms with Crippen molar-refractivity contribution in [2.75, 3.05) is 25.0 Å². The number of hydrogen-bond acceptors (Lipinski definition) is 5. The molecule has 1 heterocycles. The smallest absolute Gasteiger partial charge is 0.269 e. The fraction of sp³-hybridized carbons (Fsp3) is 0.364. The second-order valence-electron chi connectivity index (χ2n) is 7.69. The Morgan fingerprint density at radius 2 is 1.62 bits per heavy atom. The van der Waals surface area contributed by atoms with Crippen molar-refractivity contribution in [3.05, 3.63) is 58.6 Å². The van der Waals surface area contributed by atoms with E-state index < -0.39 is 21.8 Å². The monoisotopic (exact) mass is 478 g/mol. The fourth-order valence-corrected chi connectivity index (χ4v) is 5.38. The Hall–Kier alpha value is -2.62. The van der Waals surface area contributed by atoms with Gasteiger partial charge in [0.2, 0.25) is 10.0 Å². The van der Waals surface area contributed by atoms with Crippen LogP contribution in [-0.4, -0.2) is 44.2 Å². The van der Waals surface area contributed by atoms with Crippen molar-refractivity contribution < 1.29 is 18.0 Å². The number of amides is 2. The average Bonchev–Trinajstić information content (AvgIpc) is 3.07. The van der Waals surface area contributed by atoms with Gasteiger partial charge in [-0.15, -0.1) is 0 Å². The highest BCUT2D eigenvalue weighted by Gasteiger charge is 2.28. The highest BCUT2D eigenvalue weighted by molar-refractivity contribution is 7.89. The van der Waals surface area contributed by atoms with Gasteiger partial charge in [-0.05, 0) is 50.1 Å². The number of nitrogens with zero attached hydrogens (tertiary/aromatic N) is 1. The van der Waals surface area contributed by atoms with Gasteiger partial charge in [0.1, 0.15) is 4.90 Å². The number of benzene rings is 2. The molecule has 1 fully saturated rings. The summed E-state index contributed by atoms with van der Waals surface area (Å²) in [6.45, 7) is 2.78. The molecule has 2 amide bonds. The van der Waals surface area contributed by atoms with Gasteiger partial charge in [0.25, 0.3) is 11.8 Å². The Balaban J connectivity index is 1.61. The molecule has 3 rings (SSSR count). The first-order valence-electron chi connectivity index (χ1n) is 10.5. The number of nitrogens with one attached hydrogen (secondary N) is 3. The van der Waals surface area contributed by atoms with Crippen LogP contribution in [0, 0.1) is 6.92 Å². The summed E-state index contributed by atoms with van der Waals surface area (Å²) < 4.78 is 27.6. The molecule has 0 radical (unpaired) electrons. The van der Waals surface area contributed by atoms with E-state index in [0.29, 0.717) is 13.1 Å². The molecule has 0 bridgehead atoms. The molecular weight excluding hydrogens is 452 g/mol. The Kier molecular flexibility index (Phi) is 8.11. The molecule has 0 unspecified atom stereocenters. The second kappa shape index (κ2) is 10.8. The van der Waals surface area contributed by atoms with Crippen molar-refractivity contribution in [1.82, 2.24) is 15.2 Å². The van der Waals surface area contributed by atoms with Crippen LogP contribution in [0.5, 0.6) is 0 Å². The van der Waals surface area contributed by atoms with Crippen LogP contribution in [0.1, 0.15) is 41.6 Å². The minimum atomic E-state index is -3.82. The van der Waals surface area contributed by atoms with Gasteiger partial charge >= 0.3 is 0 Å².